The first-order valence-corrected chi connectivity index (χ1v) is 7.35. The molecule has 1 atom stereocenters. The highest BCUT2D eigenvalue weighted by atomic mass is 16.4. The first kappa shape index (κ1) is 17.0. The summed E-state index contributed by atoms with van der Waals surface area (Å²) >= 11 is 0. The highest BCUT2D eigenvalue weighted by molar-refractivity contribution is 5.85. The Morgan fingerprint density at radius 3 is 2.20 bits per heavy atom. The molecule has 1 fully saturated rings. The molecule has 116 valence electrons. The lowest BCUT2D eigenvalue weighted by Gasteiger charge is -2.32. The summed E-state index contributed by atoms with van der Waals surface area (Å²) in [6.07, 6.45) is 3.43. The van der Waals surface area contributed by atoms with Crippen LogP contribution in [-0.2, 0) is 9.59 Å². The molecule has 0 aliphatic heterocycles. The van der Waals surface area contributed by atoms with Crippen molar-refractivity contribution >= 4 is 11.9 Å². The first-order valence-electron chi connectivity index (χ1n) is 7.35. The summed E-state index contributed by atoms with van der Waals surface area (Å²) in [5.74, 6) is -1.08. The highest BCUT2D eigenvalue weighted by Gasteiger charge is 2.43. The van der Waals surface area contributed by atoms with E-state index in [2.05, 4.69) is 5.32 Å². The predicted octanol–water partition coefficient (Wildman–Crippen LogP) is 1.93. The predicted molar refractivity (Wildman–Crippen MR) is 76.2 cm³/mol. The summed E-state index contributed by atoms with van der Waals surface area (Å²) in [7, 11) is 0. The Labute approximate surface area is 120 Å². The minimum atomic E-state index is -0.883. The van der Waals surface area contributed by atoms with Gasteiger partial charge in [-0.3, -0.25) is 9.59 Å². The zero-order valence-corrected chi connectivity index (χ0v) is 12.7. The summed E-state index contributed by atoms with van der Waals surface area (Å²) in [5, 5.41) is 21.4. The number of aliphatic hydroxyl groups is 1. The molecule has 0 heterocycles. The fraction of sp³-hybridized carbons (Fsp3) is 0.867. The van der Waals surface area contributed by atoms with E-state index in [4.69, 9.17) is 5.11 Å². The molecule has 0 bridgehead atoms. The zero-order chi connectivity index (χ0) is 15.4. The van der Waals surface area contributed by atoms with Crippen LogP contribution in [0.1, 0.15) is 59.3 Å². The van der Waals surface area contributed by atoms with E-state index in [0.717, 1.165) is 12.8 Å². The Morgan fingerprint density at radius 1 is 1.25 bits per heavy atom. The van der Waals surface area contributed by atoms with Gasteiger partial charge in [0.1, 0.15) is 0 Å². The molecule has 0 aromatic carbocycles. The van der Waals surface area contributed by atoms with Crippen LogP contribution in [0.2, 0.25) is 0 Å². The average Bonchev–Trinajstić information content (AvgIpc) is 2.77. The molecule has 20 heavy (non-hydrogen) atoms. The number of hydrogen-bond donors (Lipinski definition) is 3. The number of aliphatic hydroxyl groups excluding tert-OH is 1. The zero-order valence-electron chi connectivity index (χ0n) is 12.7. The fourth-order valence-electron chi connectivity index (χ4n) is 2.92. The van der Waals surface area contributed by atoms with Crippen LogP contribution in [-0.4, -0.2) is 34.7 Å². The van der Waals surface area contributed by atoms with Gasteiger partial charge < -0.3 is 15.5 Å². The Balaban J connectivity index is 2.67. The lowest BCUT2D eigenvalue weighted by Crippen LogP contribution is -2.46. The third kappa shape index (κ3) is 4.20. The SMILES string of the molecule is CC(C)(C)C(CCO)NC(=O)CC1(C(=O)O)CCCC1. The van der Waals surface area contributed by atoms with Gasteiger partial charge in [0.25, 0.3) is 0 Å². The second-order valence-electron chi connectivity index (χ2n) is 6.97. The van der Waals surface area contributed by atoms with Crippen molar-refractivity contribution in [1.29, 1.82) is 0 Å². The van der Waals surface area contributed by atoms with Crippen LogP contribution in [0, 0.1) is 10.8 Å². The van der Waals surface area contributed by atoms with Gasteiger partial charge in [-0.25, -0.2) is 0 Å². The number of amides is 1. The van der Waals surface area contributed by atoms with Gasteiger partial charge >= 0.3 is 5.97 Å². The average molecular weight is 285 g/mol. The minimum Gasteiger partial charge on any atom is -0.481 e. The number of nitrogens with one attached hydrogen (secondary N) is 1. The lowest BCUT2D eigenvalue weighted by atomic mass is 9.81. The van der Waals surface area contributed by atoms with Crippen molar-refractivity contribution in [2.75, 3.05) is 6.61 Å². The molecule has 0 aromatic heterocycles. The van der Waals surface area contributed by atoms with Crippen LogP contribution >= 0.6 is 0 Å². The van der Waals surface area contributed by atoms with Crippen molar-refractivity contribution in [2.45, 2.75) is 65.3 Å². The molecular formula is C15H27NO4. The van der Waals surface area contributed by atoms with Crippen molar-refractivity contribution in [3.63, 3.8) is 0 Å². The molecular weight excluding hydrogens is 258 g/mol. The highest BCUT2D eigenvalue weighted by Crippen LogP contribution is 2.41. The second-order valence-corrected chi connectivity index (χ2v) is 6.97. The molecule has 0 aromatic rings. The number of carbonyl (C=O) groups excluding carboxylic acids is 1. The molecule has 1 aliphatic carbocycles. The second kappa shape index (κ2) is 6.57. The maximum Gasteiger partial charge on any atom is 0.310 e. The fourth-order valence-corrected chi connectivity index (χ4v) is 2.92. The van der Waals surface area contributed by atoms with E-state index in [1.165, 1.54) is 0 Å². The van der Waals surface area contributed by atoms with Crippen LogP contribution in [0.25, 0.3) is 0 Å². The third-order valence-corrected chi connectivity index (χ3v) is 4.31. The third-order valence-electron chi connectivity index (χ3n) is 4.31. The standard InChI is InChI=1S/C15H27NO4/c1-14(2,3)11(6-9-17)16-12(18)10-15(13(19)20)7-4-5-8-15/h11,17H,4-10H2,1-3H3,(H,16,18)(H,19,20). The van der Waals surface area contributed by atoms with E-state index in [0.29, 0.717) is 19.3 Å². The van der Waals surface area contributed by atoms with Gasteiger partial charge in [0.2, 0.25) is 5.91 Å². The summed E-state index contributed by atoms with van der Waals surface area (Å²) in [5.41, 5.74) is -1.05. The number of carboxylic acid groups (broad SMARTS) is 1. The van der Waals surface area contributed by atoms with Gasteiger partial charge in [0.05, 0.1) is 5.41 Å². The van der Waals surface area contributed by atoms with Gasteiger partial charge in [-0.2, -0.15) is 0 Å². The monoisotopic (exact) mass is 285 g/mol. The van der Waals surface area contributed by atoms with Crippen molar-refractivity contribution < 1.29 is 19.8 Å². The van der Waals surface area contributed by atoms with Crippen molar-refractivity contribution in [1.82, 2.24) is 5.32 Å². The molecule has 3 N–H and O–H groups in total. The maximum atomic E-state index is 12.2. The van der Waals surface area contributed by atoms with E-state index in [1.54, 1.807) is 0 Å². The topological polar surface area (TPSA) is 86.6 Å². The number of carboxylic acids is 1. The summed E-state index contributed by atoms with van der Waals surface area (Å²) in [6.45, 7) is 5.99. The Kier molecular flexibility index (Phi) is 5.57. The smallest absolute Gasteiger partial charge is 0.310 e. The van der Waals surface area contributed by atoms with Crippen LogP contribution in [0.4, 0.5) is 0 Å². The summed E-state index contributed by atoms with van der Waals surface area (Å²) in [4.78, 5) is 23.6. The van der Waals surface area contributed by atoms with E-state index >= 15 is 0 Å². The Morgan fingerprint density at radius 2 is 1.80 bits per heavy atom. The van der Waals surface area contributed by atoms with E-state index in [-0.39, 0.29) is 30.4 Å². The Hall–Kier alpha value is -1.10. The molecule has 5 heteroatoms. The van der Waals surface area contributed by atoms with Gasteiger partial charge in [-0.05, 0) is 24.7 Å². The number of rotatable bonds is 6. The lowest BCUT2D eigenvalue weighted by molar-refractivity contribution is -0.151. The molecule has 1 saturated carbocycles. The molecule has 0 radical (unpaired) electrons. The van der Waals surface area contributed by atoms with Gasteiger partial charge in [-0.15, -0.1) is 0 Å². The van der Waals surface area contributed by atoms with Crippen molar-refractivity contribution in [2.24, 2.45) is 10.8 Å². The molecule has 5 nitrogen and oxygen atoms in total. The van der Waals surface area contributed by atoms with Gasteiger partial charge in [-0.1, -0.05) is 33.6 Å². The first-order chi connectivity index (χ1) is 9.21. The molecule has 1 amide bonds. The quantitative estimate of drug-likeness (QED) is 0.696. The molecule has 0 spiro atoms. The van der Waals surface area contributed by atoms with E-state index < -0.39 is 11.4 Å². The minimum absolute atomic E-state index is 0.00624. The van der Waals surface area contributed by atoms with Crippen LogP contribution < -0.4 is 5.32 Å². The van der Waals surface area contributed by atoms with Crippen molar-refractivity contribution in [3.05, 3.63) is 0 Å². The largest absolute Gasteiger partial charge is 0.481 e. The number of hydrogen-bond acceptors (Lipinski definition) is 3. The van der Waals surface area contributed by atoms with Crippen LogP contribution in [0.15, 0.2) is 0 Å². The number of carbonyl (C=O) groups is 2. The molecule has 1 aliphatic rings. The molecule has 0 saturated heterocycles. The molecule has 1 unspecified atom stereocenters. The normalized spacial score (nSPS) is 19.6. The van der Waals surface area contributed by atoms with E-state index in [9.17, 15) is 14.7 Å². The molecule has 1 rings (SSSR count). The van der Waals surface area contributed by atoms with E-state index in [1.807, 2.05) is 20.8 Å². The van der Waals surface area contributed by atoms with Crippen LogP contribution in [0.3, 0.4) is 0 Å². The van der Waals surface area contributed by atoms with Gasteiger partial charge in [0, 0.05) is 19.1 Å². The van der Waals surface area contributed by atoms with Gasteiger partial charge in [0.15, 0.2) is 0 Å². The number of aliphatic carboxylic acids is 1. The van der Waals surface area contributed by atoms with Crippen LogP contribution in [0.5, 0.6) is 0 Å². The maximum absolute atomic E-state index is 12.2. The Bertz CT molecular complexity index is 353. The summed E-state index contributed by atoms with van der Waals surface area (Å²) < 4.78 is 0. The van der Waals surface area contributed by atoms with Crippen molar-refractivity contribution in [3.8, 4) is 0 Å². The summed E-state index contributed by atoms with van der Waals surface area (Å²) in [6, 6.07) is -0.146.